The minimum atomic E-state index is 0.403. The van der Waals surface area contributed by atoms with E-state index in [0.29, 0.717) is 17.9 Å². The third kappa shape index (κ3) is 1.95. The van der Waals surface area contributed by atoms with Crippen molar-refractivity contribution in [1.82, 2.24) is 19.5 Å². The van der Waals surface area contributed by atoms with Crippen LogP contribution in [-0.4, -0.2) is 19.5 Å². The van der Waals surface area contributed by atoms with E-state index in [1.807, 2.05) is 28.8 Å². The predicted octanol–water partition coefficient (Wildman–Crippen LogP) is 2.10. The van der Waals surface area contributed by atoms with Crippen molar-refractivity contribution in [2.24, 2.45) is 0 Å². The molecule has 0 radical (unpaired) electrons. The number of nitrogens with two attached hydrogens (primary N) is 1. The fourth-order valence-electron chi connectivity index (χ4n) is 2.08. The Hall–Kier alpha value is -2.69. The number of hydrogen-bond donors (Lipinski definition) is 1. The van der Waals surface area contributed by atoms with Crippen LogP contribution in [0.3, 0.4) is 0 Å². The Balaban J connectivity index is 2.06. The van der Waals surface area contributed by atoms with Crippen molar-refractivity contribution < 1.29 is 0 Å². The van der Waals surface area contributed by atoms with Gasteiger partial charge in [-0.1, -0.05) is 36.9 Å². The Morgan fingerprint density at radius 3 is 2.89 bits per heavy atom. The number of aromatic nitrogens is 4. The van der Waals surface area contributed by atoms with Gasteiger partial charge in [0.2, 0.25) is 0 Å². The molecule has 0 atom stereocenters. The zero-order chi connectivity index (χ0) is 13.2. The van der Waals surface area contributed by atoms with Gasteiger partial charge in [-0.2, -0.15) is 0 Å². The predicted molar refractivity (Wildman–Crippen MR) is 75.4 cm³/mol. The first-order valence-corrected chi connectivity index (χ1v) is 5.91. The maximum absolute atomic E-state index is 5.78. The first-order valence-electron chi connectivity index (χ1n) is 5.91. The molecule has 5 heteroatoms. The van der Waals surface area contributed by atoms with Gasteiger partial charge >= 0.3 is 0 Å². The maximum Gasteiger partial charge on any atom is 0.165 e. The van der Waals surface area contributed by atoms with Crippen molar-refractivity contribution in [3.05, 3.63) is 54.6 Å². The van der Waals surface area contributed by atoms with E-state index < -0.39 is 0 Å². The Morgan fingerprint density at radius 2 is 2.05 bits per heavy atom. The molecule has 1 aromatic carbocycles. The second-order valence-electron chi connectivity index (χ2n) is 4.21. The highest BCUT2D eigenvalue weighted by Crippen LogP contribution is 2.17. The fraction of sp³-hybridized carbons (Fsp3) is 0.0714. The third-order valence-corrected chi connectivity index (χ3v) is 3.05. The van der Waals surface area contributed by atoms with Crippen LogP contribution in [0, 0.1) is 0 Å². The van der Waals surface area contributed by atoms with Crippen molar-refractivity contribution in [3.8, 4) is 0 Å². The molecule has 0 amide bonds. The van der Waals surface area contributed by atoms with Crippen LogP contribution in [0.5, 0.6) is 0 Å². The first-order chi connectivity index (χ1) is 9.29. The molecule has 0 saturated carbocycles. The van der Waals surface area contributed by atoms with Crippen molar-refractivity contribution in [1.29, 1.82) is 0 Å². The number of rotatable bonds is 3. The van der Waals surface area contributed by atoms with E-state index in [0.717, 1.165) is 16.8 Å². The van der Waals surface area contributed by atoms with E-state index in [4.69, 9.17) is 5.73 Å². The molecule has 3 rings (SSSR count). The van der Waals surface area contributed by atoms with Gasteiger partial charge in [0.25, 0.3) is 0 Å². The van der Waals surface area contributed by atoms with Gasteiger partial charge in [-0.25, -0.2) is 15.0 Å². The van der Waals surface area contributed by atoms with Crippen LogP contribution in [0.15, 0.2) is 43.5 Å². The standard InChI is InChI=1S/C14H13N5/c1-2-10-5-3-4-6-11(10)7-19-9-18-12-13(15)16-8-17-14(12)19/h2-6,8-9H,1,7H2,(H2,15,16,17). The topological polar surface area (TPSA) is 69.6 Å². The number of nitrogen functional groups attached to an aromatic ring is 1. The number of imidazole rings is 1. The van der Waals surface area contributed by atoms with Gasteiger partial charge in [-0.15, -0.1) is 0 Å². The van der Waals surface area contributed by atoms with E-state index in [2.05, 4.69) is 27.6 Å². The van der Waals surface area contributed by atoms with Crippen LogP contribution in [0.1, 0.15) is 11.1 Å². The smallest absolute Gasteiger partial charge is 0.165 e. The molecule has 0 aliphatic rings. The molecule has 0 bridgehead atoms. The van der Waals surface area contributed by atoms with Gasteiger partial charge in [0.15, 0.2) is 11.5 Å². The van der Waals surface area contributed by atoms with E-state index in [-0.39, 0.29) is 0 Å². The lowest BCUT2D eigenvalue weighted by molar-refractivity contribution is 0.812. The SMILES string of the molecule is C=Cc1ccccc1Cn1cnc2c(N)ncnc21. The van der Waals surface area contributed by atoms with Gasteiger partial charge in [0.05, 0.1) is 12.9 Å². The number of anilines is 1. The highest BCUT2D eigenvalue weighted by molar-refractivity contribution is 5.81. The Morgan fingerprint density at radius 1 is 1.21 bits per heavy atom. The van der Waals surface area contributed by atoms with Gasteiger partial charge in [-0.05, 0) is 11.1 Å². The normalized spacial score (nSPS) is 10.7. The van der Waals surface area contributed by atoms with Gasteiger partial charge in [0.1, 0.15) is 11.8 Å². The second-order valence-corrected chi connectivity index (χ2v) is 4.21. The number of benzene rings is 1. The summed E-state index contributed by atoms with van der Waals surface area (Å²) in [6.07, 6.45) is 5.03. The molecule has 0 fully saturated rings. The summed E-state index contributed by atoms with van der Waals surface area (Å²) >= 11 is 0. The molecule has 2 aromatic heterocycles. The van der Waals surface area contributed by atoms with Crippen LogP contribution >= 0.6 is 0 Å². The van der Waals surface area contributed by atoms with E-state index in [1.165, 1.54) is 6.33 Å². The Bertz CT molecular complexity index is 744. The van der Waals surface area contributed by atoms with E-state index in [1.54, 1.807) is 6.33 Å². The Labute approximate surface area is 110 Å². The molecule has 0 spiro atoms. The van der Waals surface area contributed by atoms with Crippen molar-refractivity contribution in [2.75, 3.05) is 5.73 Å². The molecule has 2 heterocycles. The lowest BCUT2D eigenvalue weighted by Crippen LogP contribution is -2.02. The van der Waals surface area contributed by atoms with Crippen LogP contribution in [-0.2, 0) is 6.54 Å². The first kappa shape index (κ1) is 11.4. The third-order valence-electron chi connectivity index (χ3n) is 3.05. The van der Waals surface area contributed by atoms with Crippen molar-refractivity contribution in [2.45, 2.75) is 6.54 Å². The molecule has 0 aliphatic carbocycles. The molecule has 0 saturated heterocycles. The molecule has 0 aliphatic heterocycles. The van der Waals surface area contributed by atoms with Crippen molar-refractivity contribution >= 4 is 23.1 Å². The average Bonchev–Trinajstić information content (AvgIpc) is 2.84. The highest BCUT2D eigenvalue weighted by Gasteiger charge is 2.08. The number of hydrogen-bond acceptors (Lipinski definition) is 4. The van der Waals surface area contributed by atoms with Gasteiger partial charge in [-0.3, -0.25) is 0 Å². The molecule has 19 heavy (non-hydrogen) atoms. The van der Waals surface area contributed by atoms with E-state index in [9.17, 15) is 0 Å². The zero-order valence-corrected chi connectivity index (χ0v) is 10.3. The van der Waals surface area contributed by atoms with Crippen LogP contribution < -0.4 is 5.73 Å². The maximum atomic E-state index is 5.78. The summed E-state index contributed by atoms with van der Waals surface area (Å²) in [7, 11) is 0. The molecule has 3 aromatic rings. The van der Waals surface area contributed by atoms with E-state index >= 15 is 0 Å². The summed E-state index contributed by atoms with van der Waals surface area (Å²) in [6, 6.07) is 8.09. The largest absolute Gasteiger partial charge is 0.382 e. The Kier molecular flexibility index (Phi) is 2.72. The van der Waals surface area contributed by atoms with Crippen molar-refractivity contribution in [3.63, 3.8) is 0 Å². The average molecular weight is 251 g/mol. The fourth-order valence-corrected chi connectivity index (χ4v) is 2.08. The summed E-state index contributed by atoms with van der Waals surface area (Å²) in [4.78, 5) is 12.4. The summed E-state index contributed by atoms with van der Waals surface area (Å²) in [5.41, 5.74) is 9.42. The number of fused-ring (bicyclic) bond motifs is 1. The monoisotopic (exact) mass is 251 g/mol. The lowest BCUT2D eigenvalue weighted by Gasteiger charge is -2.07. The highest BCUT2D eigenvalue weighted by atomic mass is 15.1. The minimum absolute atomic E-state index is 0.403. The van der Waals surface area contributed by atoms with Crippen LogP contribution in [0.25, 0.3) is 17.2 Å². The molecular formula is C14H13N5. The van der Waals surface area contributed by atoms with Crippen LogP contribution in [0.2, 0.25) is 0 Å². The molecular weight excluding hydrogens is 238 g/mol. The summed E-state index contributed by atoms with van der Waals surface area (Å²) in [6.45, 7) is 4.50. The van der Waals surface area contributed by atoms with Gasteiger partial charge in [0, 0.05) is 0 Å². The quantitative estimate of drug-likeness (QED) is 0.774. The molecule has 2 N–H and O–H groups in total. The van der Waals surface area contributed by atoms with Gasteiger partial charge < -0.3 is 10.3 Å². The van der Waals surface area contributed by atoms with Crippen LogP contribution in [0.4, 0.5) is 5.82 Å². The summed E-state index contributed by atoms with van der Waals surface area (Å²) < 4.78 is 1.95. The lowest BCUT2D eigenvalue weighted by atomic mass is 10.1. The number of nitrogens with zero attached hydrogens (tertiary/aromatic N) is 4. The molecule has 0 unspecified atom stereocenters. The molecule has 5 nitrogen and oxygen atoms in total. The summed E-state index contributed by atoms with van der Waals surface area (Å²) in [5.74, 6) is 0.403. The zero-order valence-electron chi connectivity index (χ0n) is 10.3. The minimum Gasteiger partial charge on any atom is -0.382 e. The molecule has 94 valence electrons. The summed E-state index contributed by atoms with van der Waals surface area (Å²) in [5, 5.41) is 0. The second kappa shape index (κ2) is 4.53.